The van der Waals surface area contributed by atoms with Crippen molar-refractivity contribution < 1.29 is 0 Å². The summed E-state index contributed by atoms with van der Waals surface area (Å²) in [4.78, 5) is 21.0. The summed E-state index contributed by atoms with van der Waals surface area (Å²) in [6.07, 6.45) is 5.23. The average Bonchev–Trinajstić information content (AvgIpc) is 3.67. The highest BCUT2D eigenvalue weighted by Crippen LogP contribution is 2.60. The van der Waals surface area contributed by atoms with Crippen LogP contribution < -0.4 is 0 Å². The first kappa shape index (κ1) is 36.5. The third-order valence-electron chi connectivity index (χ3n) is 13.7. The van der Waals surface area contributed by atoms with Crippen LogP contribution in [-0.2, 0) is 0 Å². The predicted octanol–water partition coefficient (Wildman–Crippen LogP) is 14.6. The molecule has 4 unspecified atom stereocenters. The Labute approximate surface area is 363 Å². The number of nitrogens with zero attached hydrogens (tertiary/aromatic N) is 4. The first-order valence-corrected chi connectivity index (χ1v) is 22.1. The molecule has 3 aliphatic carbocycles. The molecule has 12 rings (SSSR count). The molecule has 62 heavy (non-hydrogen) atoms. The van der Waals surface area contributed by atoms with E-state index < -0.39 is 0 Å². The molecule has 0 amide bonds. The van der Waals surface area contributed by atoms with Crippen molar-refractivity contribution in [3.8, 4) is 90.1 Å². The molecule has 0 saturated heterocycles. The smallest absolute Gasteiger partial charge is 0.160 e. The zero-order valence-corrected chi connectivity index (χ0v) is 34.4. The van der Waals surface area contributed by atoms with Crippen molar-refractivity contribution in [3.63, 3.8) is 0 Å². The van der Waals surface area contributed by atoms with Crippen LogP contribution in [0.4, 0.5) is 0 Å². The van der Waals surface area contributed by atoms with E-state index >= 15 is 0 Å². The lowest BCUT2D eigenvalue weighted by Crippen LogP contribution is -2.19. The Hall–Kier alpha value is -7.30. The van der Waals surface area contributed by atoms with Gasteiger partial charge in [0.05, 0.1) is 22.8 Å². The molecule has 2 aromatic heterocycles. The van der Waals surface area contributed by atoms with Gasteiger partial charge in [0.1, 0.15) is 0 Å². The first-order valence-electron chi connectivity index (χ1n) is 22.1. The fourth-order valence-electron chi connectivity index (χ4n) is 10.9. The molecule has 3 aliphatic rings. The second-order valence-electron chi connectivity index (χ2n) is 17.4. The number of hydrogen-bond donors (Lipinski definition) is 0. The van der Waals surface area contributed by atoms with Gasteiger partial charge < -0.3 is 0 Å². The van der Waals surface area contributed by atoms with Gasteiger partial charge >= 0.3 is 0 Å². The molecule has 4 heteroatoms. The normalized spacial score (nSPS) is 18.4. The molecule has 0 radical (unpaired) electrons. The van der Waals surface area contributed by atoms with Gasteiger partial charge in [-0.1, -0.05) is 164 Å². The Balaban J connectivity index is 1.13. The molecule has 0 N–H and O–H groups in total. The maximum atomic E-state index is 5.36. The Morgan fingerprint density at radius 3 is 1.34 bits per heavy atom. The maximum absolute atomic E-state index is 5.36. The average molecular weight is 797 g/mol. The van der Waals surface area contributed by atoms with Gasteiger partial charge in [0.2, 0.25) is 0 Å². The summed E-state index contributed by atoms with van der Waals surface area (Å²) in [6, 6.07) is 69.2. The van der Waals surface area contributed by atoms with Crippen LogP contribution in [0.5, 0.6) is 0 Å². The highest BCUT2D eigenvalue weighted by atomic mass is 14.9. The monoisotopic (exact) mass is 796 g/mol. The third-order valence-corrected chi connectivity index (χ3v) is 13.7. The van der Waals surface area contributed by atoms with Crippen molar-refractivity contribution in [2.45, 2.75) is 37.5 Å². The van der Waals surface area contributed by atoms with Crippen LogP contribution in [0.1, 0.15) is 48.6 Å². The van der Waals surface area contributed by atoms with Gasteiger partial charge in [-0.05, 0) is 113 Å². The highest BCUT2D eigenvalue weighted by molar-refractivity contribution is 5.92. The quantitative estimate of drug-likeness (QED) is 0.161. The number of rotatable bonds is 7. The van der Waals surface area contributed by atoms with Gasteiger partial charge in [-0.3, -0.25) is 0 Å². The third kappa shape index (κ3) is 6.64. The lowest BCUT2D eigenvalue weighted by atomic mass is 9.70. The molecule has 4 nitrogen and oxygen atoms in total. The van der Waals surface area contributed by atoms with E-state index in [1.807, 2.05) is 24.3 Å². The molecule has 2 fully saturated rings. The van der Waals surface area contributed by atoms with Gasteiger partial charge in [0.15, 0.2) is 11.6 Å². The van der Waals surface area contributed by atoms with Crippen molar-refractivity contribution >= 4 is 0 Å². The highest BCUT2D eigenvalue weighted by Gasteiger charge is 2.44. The van der Waals surface area contributed by atoms with Gasteiger partial charge in [-0.2, -0.15) is 0 Å². The van der Waals surface area contributed by atoms with Crippen LogP contribution >= 0.6 is 0 Å². The standard InChI is InChI=1S/C58H44N4/c1-5-16-38(17-6-1)52-35-54(61-57(59-52)40-20-9-3-10-21-40)45-32-44(33-46(34-45)55-36-53(39-18-7-2-8-19-39)60-58(62-55)41-22-11-4-12-23-41)48-27-15-26-47-42-28-37-29-43(31-42)51(30-37)49-24-13-14-25-50(49)56(47)48/h1-27,32-37,42-43,51H,28-31H2. The molecule has 3 bridgehead atoms. The molecule has 2 heterocycles. The molecule has 4 atom stereocenters. The second kappa shape index (κ2) is 15.3. The lowest BCUT2D eigenvalue weighted by Gasteiger charge is -2.34. The topological polar surface area (TPSA) is 51.6 Å². The van der Waals surface area contributed by atoms with Crippen LogP contribution in [0.15, 0.2) is 194 Å². The van der Waals surface area contributed by atoms with Crippen LogP contribution in [0, 0.1) is 11.8 Å². The van der Waals surface area contributed by atoms with Crippen LogP contribution in [0.25, 0.3) is 90.1 Å². The Morgan fingerprint density at radius 1 is 0.323 bits per heavy atom. The van der Waals surface area contributed by atoms with Crippen molar-refractivity contribution in [3.05, 3.63) is 205 Å². The van der Waals surface area contributed by atoms with E-state index in [4.69, 9.17) is 19.9 Å². The van der Waals surface area contributed by atoms with E-state index in [-0.39, 0.29) is 0 Å². The summed E-state index contributed by atoms with van der Waals surface area (Å²) in [5, 5.41) is 0. The predicted molar refractivity (Wildman–Crippen MR) is 252 cm³/mol. The number of aromatic nitrogens is 4. The second-order valence-corrected chi connectivity index (χ2v) is 17.4. The number of benzene rings is 7. The molecule has 9 aromatic rings. The zero-order chi connectivity index (χ0) is 41.0. The van der Waals surface area contributed by atoms with Crippen molar-refractivity contribution in [1.29, 1.82) is 0 Å². The molecule has 7 aromatic carbocycles. The molecular weight excluding hydrogens is 753 g/mol. The Morgan fingerprint density at radius 2 is 0.774 bits per heavy atom. The first-order chi connectivity index (χ1) is 30.7. The maximum Gasteiger partial charge on any atom is 0.160 e. The van der Waals surface area contributed by atoms with E-state index in [0.717, 1.165) is 73.6 Å². The SMILES string of the molecule is c1ccc(-c2cc(-c3cc(-c4cc(-c5ccccc5)nc(-c5ccccc5)n4)cc(-c4cccc5c4-c4ccccc4C4CC6CC5CC4C6)c3)nc(-c3ccccc3)n2)cc1. The van der Waals surface area contributed by atoms with Crippen molar-refractivity contribution in [2.75, 3.05) is 0 Å². The summed E-state index contributed by atoms with van der Waals surface area (Å²) in [5.74, 6) is 4.12. The summed E-state index contributed by atoms with van der Waals surface area (Å²) in [7, 11) is 0. The molecule has 0 spiro atoms. The summed E-state index contributed by atoms with van der Waals surface area (Å²) in [5.41, 5.74) is 17.7. The lowest BCUT2D eigenvalue weighted by molar-refractivity contribution is 0.312. The summed E-state index contributed by atoms with van der Waals surface area (Å²) in [6.45, 7) is 0. The van der Waals surface area contributed by atoms with E-state index in [9.17, 15) is 0 Å². The van der Waals surface area contributed by atoms with E-state index in [1.165, 1.54) is 53.5 Å². The number of fused-ring (bicyclic) bond motifs is 7. The van der Waals surface area contributed by atoms with Crippen LogP contribution in [0.2, 0.25) is 0 Å². The van der Waals surface area contributed by atoms with Crippen molar-refractivity contribution in [1.82, 2.24) is 19.9 Å². The minimum absolute atomic E-state index is 0.558. The van der Waals surface area contributed by atoms with Crippen LogP contribution in [-0.4, -0.2) is 19.9 Å². The molecular formula is C58H44N4. The van der Waals surface area contributed by atoms with E-state index in [0.29, 0.717) is 23.5 Å². The fourth-order valence-corrected chi connectivity index (χ4v) is 10.9. The molecule has 296 valence electrons. The summed E-state index contributed by atoms with van der Waals surface area (Å²) >= 11 is 0. The summed E-state index contributed by atoms with van der Waals surface area (Å²) < 4.78 is 0. The fraction of sp³-hybridized carbons (Fsp3) is 0.138. The van der Waals surface area contributed by atoms with E-state index in [1.54, 1.807) is 0 Å². The molecule has 0 aliphatic heterocycles. The Bertz CT molecular complexity index is 2830. The van der Waals surface area contributed by atoms with Crippen LogP contribution in [0.3, 0.4) is 0 Å². The zero-order valence-electron chi connectivity index (χ0n) is 34.4. The Kier molecular flexibility index (Phi) is 9.02. The number of hydrogen-bond acceptors (Lipinski definition) is 4. The van der Waals surface area contributed by atoms with Gasteiger partial charge in [-0.15, -0.1) is 0 Å². The minimum Gasteiger partial charge on any atom is -0.228 e. The van der Waals surface area contributed by atoms with Gasteiger partial charge in [-0.25, -0.2) is 19.9 Å². The van der Waals surface area contributed by atoms with Crippen molar-refractivity contribution in [2.24, 2.45) is 11.8 Å². The molecule has 2 saturated carbocycles. The van der Waals surface area contributed by atoms with Gasteiger partial charge in [0, 0.05) is 33.4 Å². The van der Waals surface area contributed by atoms with Gasteiger partial charge in [0.25, 0.3) is 0 Å². The van der Waals surface area contributed by atoms with E-state index in [2.05, 4.69) is 170 Å². The minimum atomic E-state index is 0.558. The largest absolute Gasteiger partial charge is 0.228 e.